The van der Waals surface area contributed by atoms with Crippen LogP contribution in [0.2, 0.25) is 0 Å². The minimum Gasteiger partial charge on any atom is -0.236 e. The largest absolute Gasteiger partial charge is 0.409 e. The van der Waals surface area contributed by atoms with E-state index in [1.54, 1.807) is 0 Å². The van der Waals surface area contributed by atoms with Crippen molar-refractivity contribution >= 4 is 15.7 Å². The average Bonchev–Trinajstić information content (AvgIpc) is 3.03. The summed E-state index contributed by atoms with van der Waals surface area (Å²) in [5.41, 5.74) is -0.0596. The summed E-state index contributed by atoms with van der Waals surface area (Å²) in [6.07, 6.45) is -1.50. The summed E-state index contributed by atoms with van der Waals surface area (Å²) in [6, 6.07) is 2.50. The molecule has 0 aliphatic rings. The van der Waals surface area contributed by atoms with E-state index in [1.807, 2.05) is 0 Å². The van der Waals surface area contributed by atoms with Crippen molar-refractivity contribution in [3.05, 3.63) is 60.3 Å². The number of alkyl halides is 3. The molecule has 2 heterocycles. The zero-order valence-electron chi connectivity index (χ0n) is 13.2. The van der Waals surface area contributed by atoms with Crippen LogP contribution in [0.5, 0.6) is 0 Å². The molecule has 0 amide bonds. The van der Waals surface area contributed by atoms with Gasteiger partial charge < -0.3 is 0 Å². The van der Waals surface area contributed by atoms with Crippen molar-refractivity contribution in [2.24, 2.45) is 0 Å². The molecule has 0 bridgehead atoms. The Morgan fingerprint density at radius 2 is 1.81 bits per heavy atom. The van der Waals surface area contributed by atoms with Crippen molar-refractivity contribution in [1.82, 2.24) is 18.9 Å². The van der Waals surface area contributed by atoms with Gasteiger partial charge in [-0.15, -0.1) is 0 Å². The molecule has 26 heavy (non-hydrogen) atoms. The summed E-state index contributed by atoms with van der Waals surface area (Å²) >= 11 is 0. The van der Waals surface area contributed by atoms with Crippen LogP contribution in [0.25, 0.3) is 5.65 Å². The predicted molar refractivity (Wildman–Crippen MR) is 83.1 cm³/mol. The van der Waals surface area contributed by atoms with E-state index in [4.69, 9.17) is 0 Å². The number of halogens is 4. The van der Waals surface area contributed by atoms with Crippen molar-refractivity contribution < 1.29 is 26.0 Å². The summed E-state index contributed by atoms with van der Waals surface area (Å²) in [4.78, 5) is 3.41. The molecule has 3 rings (SSSR count). The van der Waals surface area contributed by atoms with Crippen LogP contribution in [-0.2, 0) is 10.0 Å². The Labute approximate surface area is 145 Å². The van der Waals surface area contributed by atoms with E-state index in [2.05, 4.69) is 10.1 Å². The molecule has 0 aliphatic carbocycles. The SMILES string of the molecule is CN([C@H](c1ccc(F)cc1)C(F)(F)F)S(=O)(=O)c1cnc2ccnn2c1. The maximum atomic E-state index is 13.6. The third-order valence-electron chi connectivity index (χ3n) is 3.76. The van der Waals surface area contributed by atoms with Crippen molar-refractivity contribution in [2.75, 3.05) is 7.05 Å². The molecule has 0 radical (unpaired) electrons. The molecule has 6 nitrogen and oxygen atoms in total. The zero-order valence-corrected chi connectivity index (χ0v) is 14.0. The number of nitrogens with zero attached hydrogens (tertiary/aromatic N) is 4. The summed E-state index contributed by atoms with van der Waals surface area (Å²) < 4.78 is 80.5. The van der Waals surface area contributed by atoms with Gasteiger partial charge in [-0.25, -0.2) is 22.3 Å². The van der Waals surface area contributed by atoms with Gasteiger partial charge in [0, 0.05) is 13.1 Å². The van der Waals surface area contributed by atoms with Gasteiger partial charge in [0.2, 0.25) is 10.0 Å². The average molecular weight is 388 g/mol. The topological polar surface area (TPSA) is 67.6 Å². The molecule has 0 saturated heterocycles. The molecule has 0 unspecified atom stereocenters. The smallest absolute Gasteiger partial charge is 0.236 e. The van der Waals surface area contributed by atoms with E-state index < -0.39 is 38.5 Å². The predicted octanol–water partition coefficient (Wildman–Crippen LogP) is 2.79. The number of hydrogen-bond acceptors (Lipinski definition) is 4. The van der Waals surface area contributed by atoms with Gasteiger partial charge in [-0.1, -0.05) is 12.1 Å². The van der Waals surface area contributed by atoms with E-state index in [1.165, 1.54) is 12.3 Å². The van der Waals surface area contributed by atoms with Gasteiger partial charge in [-0.3, -0.25) is 0 Å². The molecule has 0 aliphatic heterocycles. The lowest BCUT2D eigenvalue weighted by Crippen LogP contribution is -2.39. The van der Waals surface area contributed by atoms with Gasteiger partial charge in [-0.2, -0.15) is 22.6 Å². The van der Waals surface area contributed by atoms with E-state index >= 15 is 0 Å². The minimum atomic E-state index is -4.91. The second-order valence-corrected chi connectivity index (χ2v) is 7.44. The van der Waals surface area contributed by atoms with Crippen LogP contribution < -0.4 is 0 Å². The highest BCUT2D eigenvalue weighted by Crippen LogP contribution is 2.39. The minimum absolute atomic E-state index is 0.187. The summed E-state index contributed by atoms with van der Waals surface area (Å²) in [5.74, 6) is -0.728. The first-order valence-electron chi connectivity index (χ1n) is 7.20. The van der Waals surface area contributed by atoms with Crippen LogP contribution in [0.15, 0.2) is 53.8 Å². The third-order valence-corrected chi connectivity index (χ3v) is 5.53. The van der Waals surface area contributed by atoms with Crippen LogP contribution >= 0.6 is 0 Å². The normalized spacial score (nSPS) is 14.1. The van der Waals surface area contributed by atoms with Gasteiger partial charge in [0.15, 0.2) is 5.65 Å². The Hall–Kier alpha value is -2.53. The highest BCUT2D eigenvalue weighted by molar-refractivity contribution is 7.89. The fourth-order valence-electron chi connectivity index (χ4n) is 2.48. The number of rotatable bonds is 4. The standard InChI is InChI=1S/C15H12F4N4O2S/c1-22(14(15(17,18)19)10-2-4-11(16)5-3-10)26(24,25)12-8-20-13-6-7-21-23(13)9-12/h2-9,14H,1H3/t14-/m1/s1. The Bertz CT molecular complexity index is 1030. The molecule has 1 atom stereocenters. The van der Waals surface area contributed by atoms with Crippen molar-refractivity contribution in [2.45, 2.75) is 17.1 Å². The summed E-state index contributed by atoms with van der Waals surface area (Å²) in [5, 5.41) is 3.82. The fraction of sp³-hybridized carbons (Fsp3) is 0.200. The molecule has 11 heteroatoms. The molecular weight excluding hydrogens is 376 g/mol. The lowest BCUT2D eigenvalue weighted by molar-refractivity contribution is -0.171. The third kappa shape index (κ3) is 3.27. The molecule has 0 N–H and O–H groups in total. The zero-order chi connectivity index (χ0) is 19.1. The van der Waals surface area contributed by atoms with Crippen molar-refractivity contribution in [3.63, 3.8) is 0 Å². The molecule has 1 aromatic carbocycles. The van der Waals surface area contributed by atoms with Crippen LogP contribution in [0.1, 0.15) is 11.6 Å². The summed E-state index contributed by atoms with van der Waals surface area (Å²) in [6.45, 7) is 0. The van der Waals surface area contributed by atoms with E-state index in [9.17, 15) is 26.0 Å². The molecule has 138 valence electrons. The molecule has 0 spiro atoms. The Morgan fingerprint density at radius 1 is 1.15 bits per heavy atom. The van der Waals surface area contributed by atoms with Crippen LogP contribution in [0.4, 0.5) is 17.6 Å². The second-order valence-electron chi connectivity index (χ2n) is 5.44. The van der Waals surface area contributed by atoms with Gasteiger partial charge >= 0.3 is 6.18 Å². The van der Waals surface area contributed by atoms with Crippen LogP contribution in [0, 0.1) is 5.82 Å². The van der Waals surface area contributed by atoms with Gasteiger partial charge in [0.25, 0.3) is 0 Å². The highest BCUT2D eigenvalue weighted by atomic mass is 32.2. The first-order chi connectivity index (χ1) is 12.1. The van der Waals surface area contributed by atoms with Gasteiger partial charge in [-0.05, 0) is 17.7 Å². The molecule has 0 saturated carbocycles. The Kier molecular flexibility index (Phi) is 4.44. The van der Waals surface area contributed by atoms with E-state index in [-0.39, 0.29) is 4.31 Å². The first kappa shape index (κ1) is 18.3. The van der Waals surface area contributed by atoms with Crippen LogP contribution in [-0.4, -0.2) is 40.5 Å². The fourth-order valence-corrected chi connectivity index (χ4v) is 3.75. The lowest BCUT2D eigenvalue weighted by atomic mass is 10.1. The van der Waals surface area contributed by atoms with E-state index in [0.29, 0.717) is 5.65 Å². The Morgan fingerprint density at radius 3 is 2.42 bits per heavy atom. The van der Waals surface area contributed by atoms with Crippen LogP contribution in [0.3, 0.4) is 0 Å². The van der Waals surface area contributed by atoms with E-state index in [0.717, 1.165) is 48.2 Å². The Balaban J connectivity index is 2.07. The maximum absolute atomic E-state index is 13.6. The molecular formula is C15H12F4N4O2S. The number of hydrogen-bond donors (Lipinski definition) is 0. The first-order valence-corrected chi connectivity index (χ1v) is 8.64. The number of sulfonamides is 1. The van der Waals surface area contributed by atoms with Crippen molar-refractivity contribution in [1.29, 1.82) is 0 Å². The highest BCUT2D eigenvalue weighted by Gasteiger charge is 2.47. The summed E-state index contributed by atoms with van der Waals surface area (Å²) in [7, 11) is -3.74. The number of aromatic nitrogens is 3. The number of fused-ring (bicyclic) bond motifs is 1. The van der Waals surface area contributed by atoms with Gasteiger partial charge in [0.1, 0.15) is 16.8 Å². The van der Waals surface area contributed by atoms with Crippen molar-refractivity contribution in [3.8, 4) is 0 Å². The quantitative estimate of drug-likeness (QED) is 0.645. The maximum Gasteiger partial charge on any atom is 0.409 e. The number of benzene rings is 1. The lowest BCUT2D eigenvalue weighted by Gasteiger charge is -2.29. The molecule has 3 aromatic rings. The van der Waals surface area contributed by atoms with Gasteiger partial charge in [0.05, 0.1) is 18.6 Å². The second kappa shape index (κ2) is 6.32. The monoisotopic (exact) mass is 388 g/mol. The molecule has 2 aromatic heterocycles. The molecule has 0 fully saturated rings.